The number of hydrogen-bond acceptors (Lipinski definition) is 6. The lowest BCUT2D eigenvalue weighted by Gasteiger charge is -2.26. The van der Waals surface area contributed by atoms with E-state index in [1.54, 1.807) is 26.0 Å². The van der Waals surface area contributed by atoms with E-state index in [0.29, 0.717) is 17.5 Å². The molecule has 2 heterocycles. The zero-order valence-corrected chi connectivity index (χ0v) is 22.1. The van der Waals surface area contributed by atoms with Gasteiger partial charge in [0.15, 0.2) is 0 Å². The molecule has 1 aromatic heterocycles. The van der Waals surface area contributed by atoms with E-state index in [0.717, 1.165) is 24.7 Å². The van der Waals surface area contributed by atoms with E-state index in [9.17, 15) is 27.5 Å². The van der Waals surface area contributed by atoms with Crippen LogP contribution in [0.15, 0.2) is 30.3 Å². The molecule has 2 aromatic rings. The summed E-state index contributed by atoms with van der Waals surface area (Å²) >= 11 is 0. The summed E-state index contributed by atoms with van der Waals surface area (Å²) in [6.45, 7) is 3.26. The van der Waals surface area contributed by atoms with Gasteiger partial charge in [-0.15, -0.1) is 0 Å². The number of carboxylic acid groups (broad SMARTS) is 1. The second-order valence-corrected chi connectivity index (χ2v) is 12.3. The first-order valence-corrected chi connectivity index (χ1v) is 14.1. The fraction of sp³-hybridized carbons (Fsp3) is 0.500. The first-order valence-electron chi connectivity index (χ1n) is 12.2. The number of fused-ring (bicyclic) bond motifs is 1. The standard InChI is InChI=1S/C26H32FN3O6S/c1-26(2,25(32)33)12-5-13-30(37(4,34)35)22-18(15-6-7-15)14-19-20(23(31)28-3)21(36-24(19)29-22)16-8-10-17(27)11-9-16/h8-11,14-15,20-21H,5-7,12-13H2,1-4H3,(H,28,31)(H,32,33). The predicted octanol–water partition coefficient (Wildman–Crippen LogP) is 3.72. The fourth-order valence-corrected chi connectivity index (χ4v) is 5.55. The molecule has 2 unspecified atom stereocenters. The van der Waals surface area contributed by atoms with E-state index in [2.05, 4.69) is 10.3 Å². The van der Waals surface area contributed by atoms with Crippen molar-refractivity contribution >= 4 is 27.7 Å². The number of carbonyl (C=O) groups is 2. The van der Waals surface area contributed by atoms with Crippen LogP contribution in [0.2, 0.25) is 0 Å². The first-order chi connectivity index (χ1) is 17.3. The number of benzene rings is 1. The van der Waals surface area contributed by atoms with Crippen molar-refractivity contribution in [2.45, 2.75) is 57.5 Å². The van der Waals surface area contributed by atoms with Gasteiger partial charge in [0.05, 0.1) is 11.7 Å². The lowest BCUT2D eigenvalue weighted by Crippen LogP contribution is -2.34. The van der Waals surface area contributed by atoms with Crippen molar-refractivity contribution in [1.82, 2.24) is 10.3 Å². The molecule has 1 saturated carbocycles. The average molecular weight is 534 g/mol. The summed E-state index contributed by atoms with van der Waals surface area (Å²) in [5.74, 6) is -1.90. The summed E-state index contributed by atoms with van der Waals surface area (Å²) in [5, 5.41) is 12.1. The number of carboxylic acids is 1. The predicted molar refractivity (Wildman–Crippen MR) is 136 cm³/mol. The molecule has 0 radical (unpaired) electrons. The van der Waals surface area contributed by atoms with Gasteiger partial charge in [0.1, 0.15) is 23.7 Å². The molecule has 0 spiro atoms. The SMILES string of the molecule is CNC(=O)C1c2cc(C3CC3)c(N(CCCC(C)(C)C(=O)O)S(C)(=O)=O)nc2OC1c1ccc(F)cc1. The average Bonchev–Trinajstić information content (AvgIpc) is 3.60. The van der Waals surface area contributed by atoms with E-state index < -0.39 is 39.2 Å². The Bertz CT molecular complexity index is 1310. The monoisotopic (exact) mass is 533 g/mol. The number of anilines is 1. The molecule has 1 aromatic carbocycles. The van der Waals surface area contributed by atoms with Crippen LogP contribution in [-0.4, -0.2) is 50.2 Å². The highest BCUT2D eigenvalue weighted by Gasteiger charge is 2.44. The van der Waals surface area contributed by atoms with Crippen molar-refractivity contribution < 1.29 is 32.2 Å². The number of pyridine rings is 1. The van der Waals surface area contributed by atoms with Crippen LogP contribution in [0.5, 0.6) is 5.88 Å². The number of nitrogens with one attached hydrogen (secondary N) is 1. The van der Waals surface area contributed by atoms with Crippen LogP contribution >= 0.6 is 0 Å². The molecule has 1 aliphatic heterocycles. The number of carbonyl (C=O) groups excluding carboxylic acids is 1. The Morgan fingerprint density at radius 3 is 2.41 bits per heavy atom. The molecule has 2 atom stereocenters. The minimum Gasteiger partial charge on any atom is -0.481 e. The van der Waals surface area contributed by atoms with Crippen molar-refractivity contribution in [1.29, 1.82) is 0 Å². The van der Waals surface area contributed by atoms with Gasteiger partial charge in [-0.2, -0.15) is 4.98 Å². The van der Waals surface area contributed by atoms with Crippen LogP contribution in [-0.2, 0) is 19.6 Å². The second-order valence-electron chi connectivity index (χ2n) is 10.4. The van der Waals surface area contributed by atoms with Gasteiger partial charge in [0.25, 0.3) is 0 Å². The maximum absolute atomic E-state index is 13.6. The van der Waals surface area contributed by atoms with Crippen LogP contribution in [0.4, 0.5) is 10.2 Å². The lowest BCUT2D eigenvalue weighted by atomic mass is 9.88. The van der Waals surface area contributed by atoms with Crippen LogP contribution in [0.25, 0.3) is 0 Å². The third kappa shape index (κ3) is 5.56. The highest BCUT2D eigenvalue weighted by Crippen LogP contribution is 2.51. The number of nitrogens with zero attached hydrogens (tertiary/aromatic N) is 2. The van der Waals surface area contributed by atoms with Gasteiger partial charge < -0.3 is 15.2 Å². The Hall–Kier alpha value is -3.21. The highest BCUT2D eigenvalue weighted by molar-refractivity contribution is 7.92. The van der Waals surface area contributed by atoms with Crippen molar-refractivity contribution in [3.63, 3.8) is 0 Å². The molecule has 11 heteroatoms. The Balaban J connectivity index is 1.75. The topological polar surface area (TPSA) is 126 Å². The zero-order valence-electron chi connectivity index (χ0n) is 21.3. The number of amides is 1. The van der Waals surface area contributed by atoms with Gasteiger partial charge >= 0.3 is 5.97 Å². The molecule has 37 heavy (non-hydrogen) atoms. The summed E-state index contributed by atoms with van der Waals surface area (Å²) in [6.07, 6.45) is 2.66. The molecule has 0 bridgehead atoms. The molecular formula is C26H32FN3O6S. The van der Waals surface area contributed by atoms with E-state index >= 15 is 0 Å². The summed E-state index contributed by atoms with van der Waals surface area (Å²) < 4.78 is 46.7. The Kier molecular flexibility index (Phi) is 7.20. The molecule has 1 fully saturated rings. The Morgan fingerprint density at radius 1 is 1.22 bits per heavy atom. The van der Waals surface area contributed by atoms with Crippen molar-refractivity contribution in [2.75, 3.05) is 24.2 Å². The molecule has 1 amide bonds. The maximum atomic E-state index is 13.6. The number of halogens is 1. The normalized spacial score (nSPS) is 19.2. The van der Waals surface area contributed by atoms with Crippen molar-refractivity contribution in [2.24, 2.45) is 5.41 Å². The van der Waals surface area contributed by atoms with Gasteiger partial charge in [0, 0.05) is 19.2 Å². The van der Waals surface area contributed by atoms with Crippen molar-refractivity contribution in [3.05, 3.63) is 52.8 Å². The fourth-order valence-electron chi connectivity index (χ4n) is 4.63. The molecule has 2 aliphatic rings. The second kappa shape index (κ2) is 9.92. The number of aromatic nitrogens is 1. The van der Waals surface area contributed by atoms with Gasteiger partial charge in [-0.05, 0) is 74.8 Å². The van der Waals surface area contributed by atoms with Gasteiger partial charge in [0.2, 0.25) is 21.8 Å². The molecular weight excluding hydrogens is 501 g/mol. The van der Waals surface area contributed by atoms with Gasteiger partial charge in [-0.25, -0.2) is 12.8 Å². The Labute approximate surface area is 216 Å². The number of rotatable bonds is 10. The van der Waals surface area contributed by atoms with Crippen LogP contribution < -0.4 is 14.4 Å². The van der Waals surface area contributed by atoms with E-state index in [1.807, 2.05) is 6.07 Å². The largest absolute Gasteiger partial charge is 0.481 e. The van der Waals surface area contributed by atoms with E-state index in [4.69, 9.17) is 4.74 Å². The molecule has 200 valence electrons. The van der Waals surface area contributed by atoms with Gasteiger partial charge in [-0.1, -0.05) is 12.1 Å². The zero-order chi connectivity index (χ0) is 27.1. The molecule has 2 N–H and O–H groups in total. The summed E-state index contributed by atoms with van der Waals surface area (Å²) in [7, 11) is -2.24. The number of likely N-dealkylation sites (N-methyl/N-ethyl adjacent to an activating group) is 1. The number of ether oxygens (including phenoxy) is 1. The summed E-state index contributed by atoms with van der Waals surface area (Å²) in [5.41, 5.74) is 0.872. The van der Waals surface area contributed by atoms with E-state index in [-0.39, 0.29) is 36.5 Å². The van der Waals surface area contributed by atoms with E-state index in [1.165, 1.54) is 23.5 Å². The minimum atomic E-state index is -3.76. The summed E-state index contributed by atoms with van der Waals surface area (Å²) in [4.78, 5) is 29.1. The molecule has 1 aliphatic carbocycles. The van der Waals surface area contributed by atoms with Crippen LogP contribution in [0.1, 0.15) is 74.2 Å². The number of sulfonamides is 1. The number of hydrogen-bond donors (Lipinski definition) is 2. The molecule has 4 rings (SSSR count). The maximum Gasteiger partial charge on any atom is 0.309 e. The lowest BCUT2D eigenvalue weighted by molar-refractivity contribution is -0.147. The smallest absolute Gasteiger partial charge is 0.309 e. The van der Waals surface area contributed by atoms with Crippen LogP contribution in [0, 0.1) is 11.2 Å². The molecule has 0 saturated heterocycles. The Morgan fingerprint density at radius 2 is 1.86 bits per heavy atom. The quantitative estimate of drug-likeness (QED) is 0.477. The number of aliphatic carboxylic acids is 1. The van der Waals surface area contributed by atoms with Crippen LogP contribution in [0.3, 0.4) is 0 Å². The highest BCUT2D eigenvalue weighted by atomic mass is 32.2. The third-order valence-corrected chi connectivity index (χ3v) is 8.18. The third-order valence-electron chi connectivity index (χ3n) is 7.02. The summed E-state index contributed by atoms with van der Waals surface area (Å²) in [6, 6.07) is 7.51. The first kappa shape index (κ1) is 26.8. The van der Waals surface area contributed by atoms with Crippen molar-refractivity contribution in [3.8, 4) is 5.88 Å². The van der Waals surface area contributed by atoms with Gasteiger partial charge in [-0.3, -0.25) is 13.9 Å². The molecule has 9 nitrogen and oxygen atoms in total. The minimum absolute atomic E-state index is 0.0569.